The van der Waals surface area contributed by atoms with Crippen molar-refractivity contribution in [2.24, 2.45) is 40.4 Å². The summed E-state index contributed by atoms with van der Waals surface area (Å²) in [4.78, 5) is 133. The van der Waals surface area contributed by atoms with Gasteiger partial charge in [-0.1, -0.05) is 140 Å². The van der Waals surface area contributed by atoms with E-state index < -0.39 is 42.0 Å². The number of hydrogen-bond acceptors (Lipinski definition) is 16. The molecule has 9 fully saturated rings. The van der Waals surface area contributed by atoms with E-state index in [0.717, 1.165) is 189 Å². The number of fused-ring (bicyclic) bond motifs is 6. The van der Waals surface area contributed by atoms with Gasteiger partial charge in [-0.15, -0.1) is 0 Å². The summed E-state index contributed by atoms with van der Waals surface area (Å²) in [6.07, 6.45) is 18.9. The molecule has 0 unspecified atom stereocenters. The normalized spacial score (nSPS) is 22.5. The van der Waals surface area contributed by atoms with Gasteiger partial charge in [0.2, 0.25) is 17.7 Å². The first kappa shape index (κ1) is 86.6. The third-order valence-electron chi connectivity index (χ3n) is 27.7. The highest BCUT2D eigenvalue weighted by molar-refractivity contribution is 5.93. The van der Waals surface area contributed by atoms with E-state index in [4.69, 9.17) is 43.6 Å². The SMILES string of the molecule is C.C.COC(=O)N[C@H](C(=O)N1CC2(CC2)C[C@H]1c1ncc(-c2ccc3cc(-c4ccc(-c5cnc([C@@H]6[C@H]7CC[C@H](C7)N6C(=O)OC(C)(C)C)[nH]5)cc4)ccc3c2)[nH]1)C(C)C.COC(=O)N[C@H](C(=O)N1CC2(CC2)C[C@H]1c1ncc(-c2ccc3cc(-c4ccc(-c5cnc([C@@H]6[C@H]7CC[C@H](C7)N6C(=O)[C@@H](NC(=O)OC)C6CCOCC6)[nH]5)cc4)ccc3c2)[nH]1)C(C)C. The van der Waals surface area contributed by atoms with Crippen LogP contribution in [0.3, 0.4) is 0 Å². The highest BCUT2D eigenvalue weighted by Gasteiger charge is 2.58. The minimum atomic E-state index is -0.689. The molecule has 10 aromatic rings. The summed E-state index contributed by atoms with van der Waals surface area (Å²) in [7, 11) is 3.95. The molecule has 5 saturated heterocycles. The molecule has 11 atom stereocenters. The Kier molecular flexibility index (Phi) is 24.2. The standard InChI is InChI=1S/C50H58N8O7.C46H53N7O5.2CH4/c1-28(2)41(55-48(61)63-3)46(59)57-27-50(17-18-50)24-40(57)44-51-26-39(53-44)35-12-11-33-21-32(9-10-34(33)22-35)29-5-7-30(8-6-29)38-25-52-45(54-38)43-36-13-14-37(23-36)58(43)47(60)42(56-49(62)64-4)31-15-19-65-20-16-31;1-26(2)38(51-43(55)57-6)42(54)52-25-46(17-18-46)22-37(52)40-47-24-36(49-40)32-14-13-30-19-29(11-12-31(30)20-32)27-7-9-28(10-8-27)35-23-48-41(50-35)39-33-15-16-34(21-33)53(39)44(56)58-45(3,4)5;;/h5-12,21-22,25-26,28,31,36-37,40-43H,13-20,23-24,27H2,1-4H3,(H,51,53)(H,52,54)(H,55,61)(H,56,62);7-14,19-20,23-24,26,33-34,37-39H,15-18,21-22,25H2,1-6H3,(H,47,49)(H,48,50)(H,51,55);2*1H4/t36-,37+,40-,41-,42-,43-;33-,34+,37-,38-,39-;;/m00../s1. The van der Waals surface area contributed by atoms with E-state index in [9.17, 15) is 33.6 Å². The number of benzene rings is 6. The van der Waals surface area contributed by atoms with Crippen LogP contribution in [0.15, 0.2) is 146 Å². The molecule has 27 nitrogen and oxygen atoms in total. The molecular formula is C98H119N15O12. The predicted molar refractivity (Wildman–Crippen MR) is 478 cm³/mol. The van der Waals surface area contributed by atoms with Gasteiger partial charge < -0.3 is 74.3 Å². The number of methoxy groups -OCH3 is 3. The van der Waals surface area contributed by atoms with E-state index in [1.165, 1.54) is 21.3 Å². The Morgan fingerprint density at radius 3 is 1.19 bits per heavy atom. The average Bonchev–Trinajstić information content (AvgIpc) is 1.59. The number of likely N-dealkylation sites (tertiary alicyclic amines) is 4. The Morgan fingerprint density at radius 1 is 0.440 bits per heavy atom. The number of rotatable bonds is 19. The van der Waals surface area contributed by atoms with Crippen molar-refractivity contribution in [2.45, 2.75) is 213 Å². The number of ether oxygens (including phenoxy) is 5. The lowest BCUT2D eigenvalue weighted by Gasteiger charge is -2.39. The number of alkyl carbamates (subject to hydrolysis) is 3. The second kappa shape index (κ2) is 34.9. The fourth-order valence-electron chi connectivity index (χ4n) is 20.7. The average molecular weight is 1700 g/mol. The van der Waals surface area contributed by atoms with E-state index in [0.29, 0.717) is 51.0 Å². The number of aromatic amines is 4. The largest absolute Gasteiger partial charge is 0.453 e. The molecule has 4 saturated carbocycles. The molecule has 4 aliphatic carbocycles. The second-order valence-corrected chi connectivity index (χ2v) is 37.6. The Morgan fingerprint density at radius 2 is 0.792 bits per heavy atom. The topological polar surface area (TPSA) is 329 Å². The van der Waals surface area contributed by atoms with Crippen LogP contribution < -0.4 is 16.0 Å². The molecular weight excluding hydrogens is 1580 g/mol. The van der Waals surface area contributed by atoms with Crippen LogP contribution in [0, 0.1) is 40.4 Å². The number of imidazole rings is 4. The van der Waals surface area contributed by atoms with Crippen molar-refractivity contribution in [3.8, 4) is 67.3 Å². The third-order valence-corrected chi connectivity index (χ3v) is 27.7. The number of piperidine rings is 2. The van der Waals surface area contributed by atoms with Crippen LogP contribution >= 0.6 is 0 Å². The van der Waals surface area contributed by atoms with E-state index in [1.54, 1.807) is 0 Å². The number of nitrogens with zero attached hydrogens (tertiary/aromatic N) is 8. The van der Waals surface area contributed by atoms with Crippen molar-refractivity contribution < 1.29 is 57.2 Å². The zero-order valence-corrected chi connectivity index (χ0v) is 71.6. The molecule has 7 amide bonds. The van der Waals surface area contributed by atoms with Crippen molar-refractivity contribution in [1.82, 2.24) is 75.4 Å². The van der Waals surface area contributed by atoms with Gasteiger partial charge in [0.05, 0.1) is 93.1 Å². The minimum Gasteiger partial charge on any atom is -0.453 e. The number of hydrogen-bond donors (Lipinski definition) is 7. The van der Waals surface area contributed by atoms with E-state index in [1.807, 2.05) is 92.9 Å². The number of nitrogens with one attached hydrogen (secondary N) is 7. The molecule has 4 bridgehead atoms. The molecule has 0 radical (unpaired) electrons. The van der Waals surface area contributed by atoms with Crippen LogP contribution in [0.5, 0.6) is 0 Å². The van der Waals surface area contributed by atoms with Crippen LogP contribution in [0.2, 0.25) is 0 Å². The predicted octanol–water partition coefficient (Wildman–Crippen LogP) is 18.4. The Balaban J connectivity index is 0.000000183. The monoisotopic (exact) mass is 1700 g/mol. The van der Waals surface area contributed by atoms with Gasteiger partial charge in [-0.3, -0.25) is 19.3 Å². The van der Waals surface area contributed by atoms with Crippen molar-refractivity contribution in [3.63, 3.8) is 0 Å². The Labute approximate surface area is 730 Å². The van der Waals surface area contributed by atoms with Crippen LogP contribution in [0.4, 0.5) is 19.2 Å². The second-order valence-electron chi connectivity index (χ2n) is 37.6. The molecule has 9 heterocycles. The van der Waals surface area contributed by atoms with Crippen LogP contribution in [0.1, 0.15) is 201 Å². The number of aromatic nitrogens is 8. The fraction of sp³-hybridized carbons (Fsp3) is 0.480. The maximum absolute atomic E-state index is 14.4. The Bertz CT molecular complexity index is 5650. The molecule has 2 spiro atoms. The zero-order chi connectivity index (χ0) is 85.5. The maximum atomic E-state index is 14.4. The highest BCUT2D eigenvalue weighted by atomic mass is 16.6. The van der Waals surface area contributed by atoms with Crippen molar-refractivity contribution in [3.05, 3.63) is 169 Å². The van der Waals surface area contributed by atoms with Gasteiger partial charge in [0.15, 0.2) is 0 Å². The summed E-state index contributed by atoms with van der Waals surface area (Å²) in [6, 6.07) is 40.4. The molecule has 6 aromatic carbocycles. The number of H-pyrrole nitrogens is 4. The number of carbonyl (C=O) groups excluding carboxylic acids is 7. The van der Waals surface area contributed by atoms with Crippen LogP contribution in [-0.4, -0.2) is 185 Å². The lowest BCUT2D eigenvalue weighted by Crippen LogP contribution is -2.55. The van der Waals surface area contributed by atoms with Crippen molar-refractivity contribution >= 4 is 63.6 Å². The molecule has 125 heavy (non-hydrogen) atoms. The molecule has 27 heteroatoms. The summed E-state index contributed by atoms with van der Waals surface area (Å²) in [5.41, 5.74) is 11.8. The van der Waals surface area contributed by atoms with E-state index in [2.05, 4.69) is 157 Å². The van der Waals surface area contributed by atoms with E-state index in [-0.39, 0.29) is 104 Å². The number of carbonyl (C=O) groups is 7. The summed E-state index contributed by atoms with van der Waals surface area (Å²) < 4.78 is 26.0. The van der Waals surface area contributed by atoms with Gasteiger partial charge in [-0.25, -0.2) is 39.1 Å². The highest BCUT2D eigenvalue weighted by Crippen LogP contribution is 2.60. The minimum absolute atomic E-state index is 0. The lowest BCUT2D eigenvalue weighted by atomic mass is 9.89. The van der Waals surface area contributed by atoms with Crippen LogP contribution in [-0.2, 0) is 38.1 Å². The summed E-state index contributed by atoms with van der Waals surface area (Å²) in [5.74, 6) is 3.32. The fourth-order valence-corrected chi connectivity index (χ4v) is 20.7. The Hall–Kier alpha value is -11.9. The van der Waals surface area contributed by atoms with Crippen molar-refractivity contribution in [1.29, 1.82) is 0 Å². The van der Waals surface area contributed by atoms with Gasteiger partial charge in [-0.2, -0.15) is 0 Å². The first-order valence-electron chi connectivity index (χ1n) is 43.8. The maximum Gasteiger partial charge on any atom is 0.411 e. The quantitative estimate of drug-likeness (QED) is 0.0370. The third kappa shape index (κ3) is 17.5. The summed E-state index contributed by atoms with van der Waals surface area (Å²) >= 11 is 0. The number of amides is 7. The van der Waals surface area contributed by atoms with Crippen LogP contribution in [0.25, 0.3) is 88.8 Å². The molecule has 9 aliphatic rings. The first-order chi connectivity index (χ1) is 59.3. The summed E-state index contributed by atoms with van der Waals surface area (Å²) in [6.45, 7) is 15.9. The smallest absolute Gasteiger partial charge is 0.411 e. The summed E-state index contributed by atoms with van der Waals surface area (Å²) in [5, 5.41) is 12.8. The van der Waals surface area contributed by atoms with Gasteiger partial charge >= 0.3 is 24.4 Å². The lowest BCUT2D eigenvalue weighted by molar-refractivity contribution is -0.140. The van der Waals surface area contributed by atoms with Gasteiger partial charge in [0.1, 0.15) is 47.0 Å². The first-order valence-corrected chi connectivity index (χ1v) is 43.8. The zero-order valence-electron chi connectivity index (χ0n) is 71.6. The van der Waals surface area contributed by atoms with Gasteiger partial charge in [-0.05, 0) is 230 Å². The molecule has 5 aliphatic heterocycles. The van der Waals surface area contributed by atoms with Crippen molar-refractivity contribution in [2.75, 3.05) is 47.6 Å². The molecule has 7 N–H and O–H groups in total. The molecule has 658 valence electrons. The molecule has 4 aromatic heterocycles. The van der Waals surface area contributed by atoms with Gasteiger partial charge in [0, 0.05) is 49.5 Å². The van der Waals surface area contributed by atoms with E-state index >= 15 is 0 Å². The van der Waals surface area contributed by atoms with Gasteiger partial charge in [0.25, 0.3) is 0 Å². The molecule has 19 rings (SSSR count).